The normalized spacial score (nSPS) is 19.2. The van der Waals surface area contributed by atoms with Crippen LogP contribution in [0.3, 0.4) is 0 Å². The number of aromatic nitrogens is 1. The largest absolute Gasteiger partial charge is 0.369 e. The van der Waals surface area contributed by atoms with E-state index in [1.165, 1.54) is 6.42 Å². The molecule has 0 spiro atoms. The highest BCUT2D eigenvalue weighted by atomic mass is 16.1. The predicted molar refractivity (Wildman–Crippen MR) is 77.8 cm³/mol. The third kappa shape index (κ3) is 3.13. The van der Waals surface area contributed by atoms with Crippen LogP contribution in [0.15, 0.2) is 18.3 Å². The fourth-order valence-electron chi connectivity index (χ4n) is 2.80. The third-order valence-electron chi connectivity index (χ3n) is 3.97. The van der Waals surface area contributed by atoms with E-state index in [4.69, 9.17) is 0 Å². The minimum atomic E-state index is 0.0222. The van der Waals surface area contributed by atoms with E-state index in [9.17, 15) is 4.79 Å². The molecule has 2 heterocycles. The highest BCUT2D eigenvalue weighted by Gasteiger charge is 2.26. The first-order valence-corrected chi connectivity index (χ1v) is 7.11. The van der Waals surface area contributed by atoms with Gasteiger partial charge < -0.3 is 4.90 Å². The molecule has 0 amide bonds. The molecule has 1 aromatic heterocycles. The maximum Gasteiger partial charge on any atom is 0.178 e. The molecule has 0 radical (unpaired) electrons. The van der Waals surface area contributed by atoms with Crippen molar-refractivity contribution in [3.8, 4) is 0 Å². The Morgan fingerprint density at radius 2 is 2.16 bits per heavy atom. The summed E-state index contributed by atoms with van der Waals surface area (Å²) in [5, 5.41) is 0. The maximum absolute atomic E-state index is 11.2. The summed E-state index contributed by atoms with van der Waals surface area (Å²) < 4.78 is 0. The van der Waals surface area contributed by atoms with E-state index < -0.39 is 0 Å². The number of rotatable bonds is 5. The van der Waals surface area contributed by atoms with Crippen LogP contribution in [0.2, 0.25) is 0 Å². The first-order valence-electron chi connectivity index (χ1n) is 7.11. The van der Waals surface area contributed by atoms with E-state index >= 15 is 0 Å². The van der Waals surface area contributed by atoms with Crippen LogP contribution in [0.4, 0.5) is 5.69 Å². The van der Waals surface area contributed by atoms with Crippen molar-refractivity contribution in [2.75, 3.05) is 31.1 Å². The van der Waals surface area contributed by atoms with Gasteiger partial charge in [0.2, 0.25) is 0 Å². The summed E-state index contributed by atoms with van der Waals surface area (Å²) in [7, 11) is 0. The Kier molecular flexibility index (Phi) is 4.53. The molecule has 19 heavy (non-hydrogen) atoms. The Morgan fingerprint density at radius 1 is 1.42 bits per heavy atom. The number of hydrogen-bond donors (Lipinski definition) is 0. The molecule has 0 N–H and O–H groups in total. The van der Waals surface area contributed by atoms with Crippen LogP contribution < -0.4 is 4.90 Å². The first-order chi connectivity index (χ1) is 9.15. The number of carbonyl (C=O) groups excluding carboxylic acids is 1. The summed E-state index contributed by atoms with van der Waals surface area (Å²) in [4.78, 5) is 20.3. The van der Waals surface area contributed by atoms with Crippen LogP contribution in [0.25, 0.3) is 0 Å². The molecule has 104 valence electrons. The standard InChI is InChI=1S/C15H23N3O/c1-4-17(5-2)14-8-9-18(11-14)13-6-7-15(12(3)19)16-10-13/h6-7,10,14H,4-5,8-9,11H2,1-3H3. The summed E-state index contributed by atoms with van der Waals surface area (Å²) in [6.07, 6.45) is 3.03. The zero-order chi connectivity index (χ0) is 13.8. The lowest BCUT2D eigenvalue weighted by Crippen LogP contribution is -2.37. The van der Waals surface area contributed by atoms with Gasteiger partial charge in [-0.25, -0.2) is 0 Å². The minimum absolute atomic E-state index is 0.0222. The number of hydrogen-bond acceptors (Lipinski definition) is 4. The van der Waals surface area contributed by atoms with Crippen LogP contribution in [-0.2, 0) is 0 Å². The number of pyridine rings is 1. The van der Waals surface area contributed by atoms with Crippen molar-refractivity contribution in [3.05, 3.63) is 24.0 Å². The smallest absolute Gasteiger partial charge is 0.178 e. The SMILES string of the molecule is CCN(CC)C1CCN(c2ccc(C(C)=O)nc2)C1. The molecule has 2 rings (SSSR count). The van der Waals surface area contributed by atoms with Gasteiger partial charge in [-0.3, -0.25) is 14.7 Å². The Balaban J connectivity index is 2.02. The molecule has 0 aliphatic carbocycles. The summed E-state index contributed by atoms with van der Waals surface area (Å²) in [6.45, 7) is 10.3. The molecule has 0 bridgehead atoms. The van der Waals surface area contributed by atoms with Gasteiger partial charge in [-0.15, -0.1) is 0 Å². The predicted octanol–water partition coefficient (Wildman–Crippen LogP) is 2.20. The summed E-state index contributed by atoms with van der Waals surface area (Å²) in [5.41, 5.74) is 1.67. The maximum atomic E-state index is 11.2. The van der Waals surface area contributed by atoms with Crippen molar-refractivity contribution in [3.63, 3.8) is 0 Å². The van der Waals surface area contributed by atoms with Crippen LogP contribution in [0.5, 0.6) is 0 Å². The van der Waals surface area contributed by atoms with Gasteiger partial charge in [0.1, 0.15) is 5.69 Å². The fraction of sp³-hybridized carbons (Fsp3) is 0.600. The molecule has 1 atom stereocenters. The summed E-state index contributed by atoms with van der Waals surface area (Å²) in [6, 6.07) is 4.47. The quantitative estimate of drug-likeness (QED) is 0.761. The number of Topliss-reactive ketones (excluding diaryl/α,β-unsaturated/α-hetero) is 1. The lowest BCUT2D eigenvalue weighted by Gasteiger charge is -2.26. The van der Waals surface area contributed by atoms with Crippen LogP contribution in [0, 0.1) is 0 Å². The second-order valence-electron chi connectivity index (χ2n) is 5.07. The van der Waals surface area contributed by atoms with Crippen molar-refractivity contribution in [2.24, 2.45) is 0 Å². The molecule has 4 nitrogen and oxygen atoms in total. The molecule has 1 aliphatic rings. The highest BCUT2D eigenvalue weighted by Crippen LogP contribution is 2.22. The topological polar surface area (TPSA) is 36.4 Å². The monoisotopic (exact) mass is 261 g/mol. The second-order valence-corrected chi connectivity index (χ2v) is 5.07. The average Bonchev–Trinajstić information content (AvgIpc) is 2.90. The van der Waals surface area contributed by atoms with Gasteiger partial charge in [-0.1, -0.05) is 13.8 Å². The third-order valence-corrected chi connectivity index (χ3v) is 3.97. The number of likely N-dealkylation sites (N-methyl/N-ethyl adjacent to an activating group) is 1. The zero-order valence-corrected chi connectivity index (χ0v) is 12.1. The van der Waals surface area contributed by atoms with E-state index in [1.54, 1.807) is 6.92 Å². The lowest BCUT2D eigenvalue weighted by molar-refractivity contribution is 0.101. The Hall–Kier alpha value is -1.42. The first kappa shape index (κ1) is 14.0. The molecule has 1 aromatic rings. The van der Waals surface area contributed by atoms with Crippen molar-refractivity contribution >= 4 is 11.5 Å². The molecule has 0 saturated carbocycles. The van der Waals surface area contributed by atoms with Gasteiger partial charge in [-0.2, -0.15) is 0 Å². The van der Waals surface area contributed by atoms with Crippen LogP contribution in [0.1, 0.15) is 37.7 Å². The summed E-state index contributed by atoms with van der Waals surface area (Å²) in [5.74, 6) is 0.0222. The van der Waals surface area contributed by atoms with Crippen molar-refractivity contribution in [1.29, 1.82) is 0 Å². The number of anilines is 1. The molecule has 1 fully saturated rings. The number of ketones is 1. The lowest BCUT2D eigenvalue weighted by atomic mass is 10.2. The molecule has 4 heteroatoms. The van der Waals surface area contributed by atoms with Gasteiger partial charge >= 0.3 is 0 Å². The van der Waals surface area contributed by atoms with Crippen LogP contribution in [-0.4, -0.2) is 47.9 Å². The van der Waals surface area contributed by atoms with E-state index in [0.29, 0.717) is 11.7 Å². The van der Waals surface area contributed by atoms with Gasteiger partial charge in [0, 0.05) is 26.1 Å². The molecule has 0 aromatic carbocycles. The second kappa shape index (κ2) is 6.15. The number of carbonyl (C=O) groups is 1. The van der Waals surface area contributed by atoms with E-state index in [1.807, 2.05) is 18.3 Å². The molecular formula is C15H23N3O. The minimum Gasteiger partial charge on any atom is -0.369 e. The van der Waals surface area contributed by atoms with E-state index in [2.05, 4.69) is 28.6 Å². The van der Waals surface area contributed by atoms with E-state index in [0.717, 1.165) is 31.9 Å². The molecule has 1 unspecified atom stereocenters. The Bertz CT molecular complexity index is 426. The average molecular weight is 261 g/mol. The Labute approximate surface area is 115 Å². The molecule has 1 saturated heterocycles. The molecular weight excluding hydrogens is 238 g/mol. The van der Waals surface area contributed by atoms with Gasteiger partial charge in [-0.05, 0) is 31.6 Å². The highest BCUT2D eigenvalue weighted by molar-refractivity contribution is 5.92. The van der Waals surface area contributed by atoms with Crippen molar-refractivity contribution in [2.45, 2.75) is 33.2 Å². The van der Waals surface area contributed by atoms with E-state index in [-0.39, 0.29) is 5.78 Å². The zero-order valence-electron chi connectivity index (χ0n) is 12.1. The fourth-order valence-corrected chi connectivity index (χ4v) is 2.80. The van der Waals surface area contributed by atoms with Gasteiger partial charge in [0.25, 0.3) is 0 Å². The van der Waals surface area contributed by atoms with Crippen LogP contribution >= 0.6 is 0 Å². The van der Waals surface area contributed by atoms with Gasteiger partial charge in [0.15, 0.2) is 5.78 Å². The number of nitrogens with zero attached hydrogens (tertiary/aromatic N) is 3. The summed E-state index contributed by atoms with van der Waals surface area (Å²) >= 11 is 0. The molecule has 1 aliphatic heterocycles. The van der Waals surface area contributed by atoms with Gasteiger partial charge in [0.05, 0.1) is 11.9 Å². The van der Waals surface area contributed by atoms with Crippen molar-refractivity contribution < 1.29 is 4.79 Å². The van der Waals surface area contributed by atoms with Crippen molar-refractivity contribution in [1.82, 2.24) is 9.88 Å². The Morgan fingerprint density at radius 3 is 2.68 bits per heavy atom.